The Morgan fingerprint density at radius 1 is 1.18 bits per heavy atom. The van der Waals surface area contributed by atoms with E-state index in [0.29, 0.717) is 22.7 Å². The minimum atomic E-state index is -0.577. The first-order chi connectivity index (χ1) is 10.6. The van der Waals surface area contributed by atoms with Crippen LogP contribution in [0.4, 0.5) is 0 Å². The Morgan fingerprint density at radius 2 is 1.95 bits per heavy atom. The van der Waals surface area contributed by atoms with Gasteiger partial charge in [-0.25, -0.2) is 4.79 Å². The van der Waals surface area contributed by atoms with Crippen molar-refractivity contribution in [1.29, 1.82) is 0 Å². The molecule has 0 aliphatic rings. The molecular formula is C16H13ClN2O3. The molecule has 3 rings (SSSR count). The van der Waals surface area contributed by atoms with Gasteiger partial charge in [0, 0.05) is 17.6 Å². The number of rotatable bonds is 4. The lowest BCUT2D eigenvalue weighted by Crippen LogP contribution is -2.30. The van der Waals surface area contributed by atoms with Crippen LogP contribution in [0.15, 0.2) is 57.7 Å². The summed E-state index contributed by atoms with van der Waals surface area (Å²) in [6.07, 6.45) is 0. The summed E-state index contributed by atoms with van der Waals surface area (Å²) in [4.78, 5) is 23.8. The molecular weight excluding hydrogens is 304 g/mol. The zero-order valence-electron chi connectivity index (χ0n) is 11.6. The van der Waals surface area contributed by atoms with E-state index in [1.165, 1.54) is 4.57 Å². The number of nitrogens with one attached hydrogen (secondary N) is 1. The third kappa shape index (κ3) is 3.04. The summed E-state index contributed by atoms with van der Waals surface area (Å²) in [6, 6.07) is 14.4. The van der Waals surface area contributed by atoms with Crippen LogP contribution < -0.4 is 11.1 Å². The van der Waals surface area contributed by atoms with Crippen LogP contribution in [0.1, 0.15) is 5.56 Å². The van der Waals surface area contributed by atoms with Crippen molar-refractivity contribution in [2.45, 2.75) is 13.1 Å². The fourth-order valence-corrected chi connectivity index (χ4v) is 2.35. The number of benzene rings is 2. The Balaban J connectivity index is 1.74. The van der Waals surface area contributed by atoms with E-state index < -0.39 is 5.76 Å². The van der Waals surface area contributed by atoms with Gasteiger partial charge in [0.2, 0.25) is 5.91 Å². The monoisotopic (exact) mass is 316 g/mol. The SMILES string of the molecule is O=C(Cn1c(=O)oc2cc(Cl)ccc21)NCc1ccccc1. The number of fused-ring (bicyclic) bond motifs is 1. The van der Waals surface area contributed by atoms with Crippen molar-refractivity contribution in [2.75, 3.05) is 0 Å². The van der Waals surface area contributed by atoms with Gasteiger partial charge in [0.25, 0.3) is 0 Å². The van der Waals surface area contributed by atoms with Crippen LogP contribution in [0.3, 0.4) is 0 Å². The molecule has 1 aromatic heterocycles. The number of hydrogen-bond donors (Lipinski definition) is 1. The highest BCUT2D eigenvalue weighted by Gasteiger charge is 2.12. The molecule has 0 aliphatic carbocycles. The number of carbonyl (C=O) groups excluding carboxylic acids is 1. The third-order valence-corrected chi connectivity index (χ3v) is 3.50. The summed E-state index contributed by atoms with van der Waals surface area (Å²) >= 11 is 5.85. The van der Waals surface area contributed by atoms with Crippen molar-refractivity contribution in [2.24, 2.45) is 0 Å². The average Bonchev–Trinajstić information content (AvgIpc) is 2.81. The van der Waals surface area contributed by atoms with E-state index in [-0.39, 0.29) is 12.5 Å². The smallest absolute Gasteiger partial charge is 0.408 e. The van der Waals surface area contributed by atoms with Crippen molar-refractivity contribution >= 4 is 28.6 Å². The molecule has 1 heterocycles. The van der Waals surface area contributed by atoms with E-state index in [1.807, 2.05) is 30.3 Å². The largest absolute Gasteiger partial charge is 0.420 e. The van der Waals surface area contributed by atoms with E-state index >= 15 is 0 Å². The molecule has 0 atom stereocenters. The zero-order chi connectivity index (χ0) is 15.5. The Labute approximate surface area is 131 Å². The lowest BCUT2D eigenvalue weighted by Gasteiger charge is -2.05. The van der Waals surface area contributed by atoms with E-state index in [1.54, 1.807) is 18.2 Å². The van der Waals surface area contributed by atoms with Gasteiger partial charge < -0.3 is 9.73 Å². The fourth-order valence-electron chi connectivity index (χ4n) is 2.19. The lowest BCUT2D eigenvalue weighted by atomic mass is 10.2. The summed E-state index contributed by atoms with van der Waals surface area (Å²) in [7, 11) is 0. The highest BCUT2D eigenvalue weighted by atomic mass is 35.5. The van der Waals surface area contributed by atoms with Crippen molar-refractivity contribution < 1.29 is 9.21 Å². The highest BCUT2D eigenvalue weighted by molar-refractivity contribution is 6.31. The average molecular weight is 317 g/mol. The third-order valence-electron chi connectivity index (χ3n) is 3.26. The van der Waals surface area contributed by atoms with Gasteiger partial charge in [0.05, 0.1) is 5.52 Å². The van der Waals surface area contributed by atoms with Gasteiger partial charge in [-0.15, -0.1) is 0 Å². The first-order valence-corrected chi connectivity index (χ1v) is 7.11. The molecule has 22 heavy (non-hydrogen) atoms. The van der Waals surface area contributed by atoms with Gasteiger partial charge in [-0.1, -0.05) is 41.9 Å². The van der Waals surface area contributed by atoms with Crippen molar-refractivity contribution in [1.82, 2.24) is 9.88 Å². The van der Waals surface area contributed by atoms with Gasteiger partial charge in [-0.05, 0) is 17.7 Å². The predicted octanol–water partition coefficient (Wildman–Crippen LogP) is 2.56. The minimum absolute atomic E-state index is 0.0969. The number of amides is 1. The molecule has 1 amide bonds. The van der Waals surface area contributed by atoms with Gasteiger partial charge in [0.1, 0.15) is 6.54 Å². The second kappa shape index (κ2) is 6.07. The van der Waals surface area contributed by atoms with Gasteiger partial charge in [-0.2, -0.15) is 0 Å². The molecule has 0 unspecified atom stereocenters. The standard InChI is InChI=1S/C16H13ClN2O3/c17-12-6-7-13-14(8-12)22-16(21)19(13)10-15(20)18-9-11-4-2-1-3-5-11/h1-8H,9-10H2,(H,18,20). The summed E-state index contributed by atoms with van der Waals surface area (Å²) in [5.41, 5.74) is 1.91. The van der Waals surface area contributed by atoms with Crippen LogP contribution in [0.25, 0.3) is 11.1 Å². The normalized spacial score (nSPS) is 10.8. The highest BCUT2D eigenvalue weighted by Crippen LogP contribution is 2.18. The molecule has 2 aromatic carbocycles. The van der Waals surface area contributed by atoms with Crippen molar-refractivity contribution in [3.8, 4) is 0 Å². The molecule has 0 radical (unpaired) electrons. The molecule has 0 spiro atoms. The van der Waals surface area contributed by atoms with E-state index in [0.717, 1.165) is 5.56 Å². The van der Waals surface area contributed by atoms with Crippen LogP contribution in [0.2, 0.25) is 5.02 Å². The Bertz CT molecular complexity index is 868. The second-order valence-electron chi connectivity index (χ2n) is 4.83. The van der Waals surface area contributed by atoms with Crippen LogP contribution >= 0.6 is 11.6 Å². The summed E-state index contributed by atoms with van der Waals surface area (Å²) < 4.78 is 6.37. The maximum atomic E-state index is 12.0. The topological polar surface area (TPSA) is 64.2 Å². The molecule has 6 heteroatoms. The quantitative estimate of drug-likeness (QED) is 0.804. The number of carbonyl (C=O) groups is 1. The Kier molecular flexibility index (Phi) is 3.98. The van der Waals surface area contributed by atoms with Crippen LogP contribution in [-0.4, -0.2) is 10.5 Å². The minimum Gasteiger partial charge on any atom is -0.408 e. The van der Waals surface area contributed by atoms with Crippen LogP contribution in [-0.2, 0) is 17.9 Å². The van der Waals surface area contributed by atoms with Crippen LogP contribution in [0.5, 0.6) is 0 Å². The summed E-state index contributed by atoms with van der Waals surface area (Å²) in [5.74, 6) is -0.837. The van der Waals surface area contributed by atoms with E-state index in [4.69, 9.17) is 16.0 Å². The molecule has 3 aromatic rings. The predicted molar refractivity (Wildman–Crippen MR) is 83.8 cm³/mol. The fraction of sp³-hybridized carbons (Fsp3) is 0.125. The van der Waals surface area contributed by atoms with Gasteiger partial charge in [-0.3, -0.25) is 9.36 Å². The molecule has 0 fully saturated rings. The molecule has 5 nitrogen and oxygen atoms in total. The lowest BCUT2D eigenvalue weighted by molar-refractivity contribution is -0.121. The van der Waals surface area contributed by atoms with Gasteiger partial charge in [0.15, 0.2) is 5.58 Å². The number of aromatic nitrogens is 1. The number of hydrogen-bond acceptors (Lipinski definition) is 3. The molecule has 0 aliphatic heterocycles. The molecule has 0 saturated carbocycles. The summed E-state index contributed by atoms with van der Waals surface area (Å²) in [5, 5.41) is 3.25. The Morgan fingerprint density at radius 3 is 2.73 bits per heavy atom. The van der Waals surface area contributed by atoms with Crippen molar-refractivity contribution in [3.05, 3.63) is 69.7 Å². The van der Waals surface area contributed by atoms with E-state index in [2.05, 4.69) is 5.32 Å². The molecule has 1 N–H and O–H groups in total. The van der Waals surface area contributed by atoms with E-state index in [9.17, 15) is 9.59 Å². The van der Waals surface area contributed by atoms with Crippen molar-refractivity contribution in [3.63, 3.8) is 0 Å². The van der Waals surface area contributed by atoms with Crippen LogP contribution in [0, 0.1) is 0 Å². The zero-order valence-corrected chi connectivity index (χ0v) is 12.3. The first-order valence-electron chi connectivity index (χ1n) is 6.73. The molecule has 112 valence electrons. The number of halogens is 1. The maximum Gasteiger partial charge on any atom is 0.420 e. The summed E-state index contributed by atoms with van der Waals surface area (Å²) in [6.45, 7) is 0.316. The molecule has 0 bridgehead atoms. The first kappa shape index (κ1) is 14.4. The second-order valence-corrected chi connectivity index (χ2v) is 5.26. The molecule has 0 saturated heterocycles. The van der Waals surface area contributed by atoms with Gasteiger partial charge >= 0.3 is 5.76 Å². The Hall–Kier alpha value is -2.53. The maximum absolute atomic E-state index is 12.0. The number of nitrogens with zero attached hydrogens (tertiary/aromatic N) is 1. The number of oxazole rings is 1.